The van der Waals surface area contributed by atoms with Crippen LogP contribution in [0.4, 0.5) is 0 Å². The zero-order valence-electron chi connectivity index (χ0n) is 12.6. The maximum Gasteiger partial charge on any atom is 0.0675 e. The first kappa shape index (κ1) is 15.9. The first-order valence-corrected chi connectivity index (χ1v) is 7.48. The molecule has 1 aliphatic rings. The highest BCUT2D eigenvalue weighted by Crippen LogP contribution is 2.31. The minimum atomic E-state index is 0.318. The van der Waals surface area contributed by atoms with E-state index in [1.54, 1.807) is 7.11 Å². The lowest BCUT2D eigenvalue weighted by molar-refractivity contribution is -0.0384. The van der Waals surface area contributed by atoms with E-state index in [0.717, 1.165) is 38.0 Å². The highest BCUT2D eigenvalue weighted by molar-refractivity contribution is 4.76. The van der Waals surface area contributed by atoms with Crippen LogP contribution in [0.5, 0.6) is 0 Å². The molecule has 1 aliphatic carbocycles. The van der Waals surface area contributed by atoms with E-state index in [1.807, 2.05) is 0 Å². The summed E-state index contributed by atoms with van der Waals surface area (Å²) in [6.07, 6.45) is 5.65. The van der Waals surface area contributed by atoms with Gasteiger partial charge in [-0.3, -0.25) is 0 Å². The summed E-state index contributed by atoms with van der Waals surface area (Å²) in [6, 6.07) is 0. The minimum Gasteiger partial charge on any atom is -0.385 e. The summed E-state index contributed by atoms with van der Waals surface area (Å²) in [5, 5.41) is 3.42. The molecular weight excluding hydrogens is 226 g/mol. The van der Waals surface area contributed by atoms with Gasteiger partial charge in [-0.05, 0) is 51.0 Å². The molecule has 0 saturated heterocycles. The lowest BCUT2D eigenvalue weighted by Crippen LogP contribution is -2.34. The molecule has 3 nitrogen and oxygen atoms in total. The van der Waals surface area contributed by atoms with Crippen LogP contribution in [-0.4, -0.2) is 39.0 Å². The standard InChI is InChI=1S/C15H31NO2/c1-12-6-7-15(10-13(12)2)18-14(3)11-16-8-5-9-17-4/h12-16H,5-11H2,1-4H3. The van der Waals surface area contributed by atoms with E-state index < -0.39 is 0 Å². The van der Waals surface area contributed by atoms with E-state index in [0.29, 0.717) is 12.2 Å². The molecule has 0 spiro atoms. The Labute approximate surface area is 113 Å². The van der Waals surface area contributed by atoms with E-state index in [2.05, 4.69) is 26.1 Å². The Hall–Kier alpha value is -0.120. The molecule has 0 radical (unpaired) electrons. The van der Waals surface area contributed by atoms with Gasteiger partial charge in [-0.15, -0.1) is 0 Å². The van der Waals surface area contributed by atoms with Gasteiger partial charge >= 0.3 is 0 Å². The number of rotatable bonds is 8. The average molecular weight is 257 g/mol. The van der Waals surface area contributed by atoms with E-state index in [4.69, 9.17) is 9.47 Å². The molecule has 0 aromatic rings. The van der Waals surface area contributed by atoms with Gasteiger partial charge in [0, 0.05) is 20.3 Å². The second-order valence-electron chi connectivity index (χ2n) is 5.89. The Balaban J connectivity index is 2.07. The van der Waals surface area contributed by atoms with Crippen LogP contribution in [0.1, 0.15) is 46.5 Å². The van der Waals surface area contributed by atoms with Gasteiger partial charge in [0.2, 0.25) is 0 Å². The first-order chi connectivity index (χ1) is 8.63. The van der Waals surface area contributed by atoms with Crippen LogP contribution in [0.15, 0.2) is 0 Å². The topological polar surface area (TPSA) is 30.5 Å². The van der Waals surface area contributed by atoms with E-state index >= 15 is 0 Å². The molecule has 18 heavy (non-hydrogen) atoms. The van der Waals surface area contributed by atoms with Crippen molar-refractivity contribution in [3.63, 3.8) is 0 Å². The van der Waals surface area contributed by atoms with Crippen LogP contribution in [0.2, 0.25) is 0 Å². The molecule has 3 heteroatoms. The minimum absolute atomic E-state index is 0.318. The molecule has 4 unspecified atom stereocenters. The van der Waals surface area contributed by atoms with Crippen molar-refractivity contribution in [1.29, 1.82) is 0 Å². The molecule has 0 amide bonds. The third kappa shape index (κ3) is 6.17. The summed E-state index contributed by atoms with van der Waals surface area (Å²) in [4.78, 5) is 0. The lowest BCUT2D eigenvalue weighted by Gasteiger charge is -2.33. The van der Waals surface area contributed by atoms with Crippen molar-refractivity contribution >= 4 is 0 Å². The Bertz CT molecular complexity index is 211. The summed E-state index contributed by atoms with van der Waals surface area (Å²) in [5.41, 5.74) is 0. The molecule has 0 aromatic carbocycles. The third-order valence-electron chi connectivity index (χ3n) is 4.11. The molecule has 0 bridgehead atoms. The van der Waals surface area contributed by atoms with Gasteiger partial charge in [-0.25, -0.2) is 0 Å². The fraction of sp³-hybridized carbons (Fsp3) is 1.00. The average Bonchev–Trinajstić information content (AvgIpc) is 2.34. The number of hydrogen-bond acceptors (Lipinski definition) is 3. The Morgan fingerprint density at radius 2 is 2.00 bits per heavy atom. The fourth-order valence-corrected chi connectivity index (χ4v) is 2.65. The van der Waals surface area contributed by atoms with Crippen molar-refractivity contribution in [2.75, 3.05) is 26.8 Å². The lowest BCUT2D eigenvalue weighted by atomic mass is 9.80. The molecule has 0 aliphatic heterocycles. The highest BCUT2D eigenvalue weighted by Gasteiger charge is 2.25. The van der Waals surface area contributed by atoms with Gasteiger partial charge in [-0.1, -0.05) is 13.8 Å². The van der Waals surface area contributed by atoms with Gasteiger partial charge in [0.05, 0.1) is 12.2 Å². The van der Waals surface area contributed by atoms with Crippen molar-refractivity contribution in [3.05, 3.63) is 0 Å². The summed E-state index contributed by atoms with van der Waals surface area (Å²) < 4.78 is 11.1. The third-order valence-corrected chi connectivity index (χ3v) is 4.11. The number of methoxy groups -OCH3 is 1. The van der Waals surface area contributed by atoms with Crippen molar-refractivity contribution < 1.29 is 9.47 Å². The smallest absolute Gasteiger partial charge is 0.0675 e. The maximum atomic E-state index is 6.12. The van der Waals surface area contributed by atoms with Gasteiger partial charge < -0.3 is 14.8 Å². The van der Waals surface area contributed by atoms with Gasteiger partial charge in [-0.2, -0.15) is 0 Å². The van der Waals surface area contributed by atoms with Crippen molar-refractivity contribution in [2.45, 2.75) is 58.7 Å². The van der Waals surface area contributed by atoms with Crippen LogP contribution >= 0.6 is 0 Å². The molecule has 1 rings (SSSR count). The number of nitrogens with one attached hydrogen (secondary N) is 1. The molecule has 4 atom stereocenters. The van der Waals surface area contributed by atoms with E-state index in [9.17, 15) is 0 Å². The molecular formula is C15H31NO2. The van der Waals surface area contributed by atoms with Crippen LogP contribution in [-0.2, 0) is 9.47 Å². The van der Waals surface area contributed by atoms with E-state index in [1.165, 1.54) is 19.3 Å². The molecule has 1 saturated carbocycles. The zero-order chi connectivity index (χ0) is 13.4. The highest BCUT2D eigenvalue weighted by atomic mass is 16.5. The summed E-state index contributed by atoms with van der Waals surface area (Å²) in [7, 11) is 1.75. The fourth-order valence-electron chi connectivity index (χ4n) is 2.65. The van der Waals surface area contributed by atoms with Gasteiger partial charge in [0.15, 0.2) is 0 Å². The molecule has 0 heterocycles. The van der Waals surface area contributed by atoms with Gasteiger partial charge in [0.25, 0.3) is 0 Å². The first-order valence-electron chi connectivity index (χ1n) is 7.48. The second-order valence-corrected chi connectivity index (χ2v) is 5.89. The van der Waals surface area contributed by atoms with E-state index in [-0.39, 0.29) is 0 Å². The van der Waals surface area contributed by atoms with Crippen molar-refractivity contribution in [3.8, 4) is 0 Å². The van der Waals surface area contributed by atoms with Crippen molar-refractivity contribution in [1.82, 2.24) is 5.32 Å². The van der Waals surface area contributed by atoms with Crippen LogP contribution < -0.4 is 5.32 Å². The van der Waals surface area contributed by atoms with Crippen LogP contribution in [0, 0.1) is 11.8 Å². The Kier molecular flexibility index (Phi) is 7.87. The van der Waals surface area contributed by atoms with Crippen LogP contribution in [0.3, 0.4) is 0 Å². The molecule has 1 N–H and O–H groups in total. The Morgan fingerprint density at radius 3 is 2.67 bits per heavy atom. The maximum absolute atomic E-state index is 6.12. The molecule has 108 valence electrons. The van der Waals surface area contributed by atoms with Gasteiger partial charge in [0.1, 0.15) is 0 Å². The normalized spacial score (nSPS) is 30.3. The number of ether oxygens (including phenoxy) is 2. The summed E-state index contributed by atoms with van der Waals surface area (Å²) >= 11 is 0. The largest absolute Gasteiger partial charge is 0.385 e. The number of hydrogen-bond donors (Lipinski definition) is 1. The zero-order valence-corrected chi connectivity index (χ0v) is 12.6. The predicted octanol–water partition coefficient (Wildman–Crippen LogP) is 2.84. The van der Waals surface area contributed by atoms with Crippen molar-refractivity contribution in [2.24, 2.45) is 11.8 Å². The Morgan fingerprint density at radius 1 is 1.22 bits per heavy atom. The second kappa shape index (κ2) is 8.89. The summed E-state index contributed by atoms with van der Waals surface area (Å²) in [5.74, 6) is 1.68. The molecule has 1 fully saturated rings. The monoisotopic (exact) mass is 257 g/mol. The molecule has 0 aromatic heterocycles. The summed E-state index contributed by atoms with van der Waals surface area (Å²) in [6.45, 7) is 9.69. The predicted molar refractivity (Wildman–Crippen MR) is 75.9 cm³/mol. The SMILES string of the molecule is COCCCNCC(C)OC1CCC(C)C(C)C1. The van der Waals surface area contributed by atoms with Crippen LogP contribution in [0.25, 0.3) is 0 Å². The quantitative estimate of drug-likeness (QED) is 0.678.